The smallest absolute Gasteiger partial charge is 0.121 e. The lowest BCUT2D eigenvalue weighted by Crippen LogP contribution is -1.97. The SMILES string of the molecule is COc1ccc(Nc2cc(C)ccc2Cl)c(N)c1. The summed E-state index contributed by atoms with van der Waals surface area (Å²) in [6.07, 6.45) is 0. The zero-order valence-electron chi connectivity index (χ0n) is 10.3. The van der Waals surface area contributed by atoms with Gasteiger partial charge in [-0.25, -0.2) is 0 Å². The van der Waals surface area contributed by atoms with Gasteiger partial charge in [0, 0.05) is 6.07 Å². The Balaban J connectivity index is 2.31. The summed E-state index contributed by atoms with van der Waals surface area (Å²) >= 11 is 6.13. The van der Waals surface area contributed by atoms with Crippen LogP contribution in [0.4, 0.5) is 17.1 Å². The van der Waals surface area contributed by atoms with E-state index < -0.39 is 0 Å². The quantitative estimate of drug-likeness (QED) is 0.823. The Morgan fingerprint density at radius 3 is 2.56 bits per heavy atom. The highest BCUT2D eigenvalue weighted by Crippen LogP contribution is 2.31. The first-order valence-electron chi connectivity index (χ1n) is 5.57. The standard InChI is InChI=1S/C14H15ClN2O/c1-9-3-5-11(15)14(7-9)17-13-6-4-10(18-2)8-12(13)16/h3-8,17H,16H2,1-2H3. The zero-order valence-corrected chi connectivity index (χ0v) is 11.1. The van der Waals surface area contributed by atoms with Crippen LogP contribution >= 0.6 is 11.6 Å². The summed E-state index contributed by atoms with van der Waals surface area (Å²) in [5.41, 5.74) is 9.35. The molecule has 18 heavy (non-hydrogen) atoms. The van der Waals surface area contributed by atoms with Crippen LogP contribution in [-0.4, -0.2) is 7.11 Å². The lowest BCUT2D eigenvalue weighted by atomic mass is 10.2. The van der Waals surface area contributed by atoms with Crippen LogP contribution in [0.1, 0.15) is 5.56 Å². The van der Waals surface area contributed by atoms with Gasteiger partial charge < -0.3 is 15.8 Å². The van der Waals surface area contributed by atoms with Crippen molar-refractivity contribution < 1.29 is 4.74 Å². The molecule has 3 N–H and O–H groups in total. The van der Waals surface area contributed by atoms with Crippen LogP contribution in [-0.2, 0) is 0 Å². The van der Waals surface area contributed by atoms with Gasteiger partial charge in [-0.2, -0.15) is 0 Å². The molecule has 0 saturated carbocycles. The number of benzene rings is 2. The average molecular weight is 263 g/mol. The fraction of sp³-hybridized carbons (Fsp3) is 0.143. The van der Waals surface area contributed by atoms with Gasteiger partial charge in [-0.1, -0.05) is 17.7 Å². The summed E-state index contributed by atoms with van der Waals surface area (Å²) in [6.45, 7) is 2.01. The van der Waals surface area contributed by atoms with Crippen molar-refractivity contribution in [3.8, 4) is 5.75 Å². The molecule has 0 aliphatic carbocycles. The molecule has 2 aromatic carbocycles. The number of methoxy groups -OCH3 is 1. The van der Waals surface area contributed by atoms with Gasteiger partial charge in [0.25, 0.3) is 0 Å². The molecule has 0 heterocycles. The van der Waals surface area contributed by atoms with Crippen molar-refractivity contribution in [1.82, 2.24) is 0 Å². The molecule has 2 aromatic rings. The lowest BCUT2D eigenvalue weighted by molar-refractivity contribution is 0.415. The van der Waals surface area contributed by atoms with Crippen molar-refractivity contribution in [2.75, 3.05) is 18.2 Å². The molecule has 0 fully saturated rings. The predicted octanol–water partition coefficient (Wildman–Crippen LogP) is 3.98. The summed E-state index contributed by atoms with van der Waals surface area (Å²) < 4.78 is 5.11. The minimum atomic E-state index is 0.618. The van der Waals surface area contributed by atoms with Gasteiger partial charge in [-0.15, -0.1) is 0 Å². The van der Waals surface area contributed by atoms with Crippen molar-refractivity contribution >= 4 is 28.7 Å². The minimum Gasteiger partial charge on any atom is -0.497 e. The minimum absolute atomic E-state index is 0.618. The van der Waals surface area contributed by atoms with E-state index in [4.69, 9.17) is 22.1 Å². The molecule has 3 nitrogen and oxygen atoms in total. The van der Waals surface area contributed by atoms with E-state index in [9.17, 15) is 0 Å². The Morgan fingerprint density at radius 2 is 1.89 bits per heavy atom. The number of aryl methyl sites for hydroxylation is 1. The summed E-state index contributed by atoms with van der Waals surface area (Å²) in [5.74, 6) is 0.730. The summed E-state index contributed by atoms with van der Waals surface area (Å²) in [5, 5.41) is 3.88. The number of nitrogens with two attached hydrogens (primary N) is 1. The number of nitrogen functional groups attached to an aromatic ring is 1. The van der Waals surface area contributed by atoms with Crippen LogP contribution < -0.4 is 15.8 Å². The molecule has 0 aromatic heterocycles. The van der Waals surface area contributed by atoms with Crippen LogP contribution in [0.5, 0.6) is 5.75 Å². The number of hydrogen-bond acceptors (Lipinski definition) is 3. The second-order valence-corrected chi connectivity index (χ2v) is 4.47. The molecule has 0 bridgehead atoms. The first kappa shape index (κ1) is 12.6. The molecule has 0 radical (unpaired) electrons. The van der Waals surface area contributed by atoms with Crippen molar-refractivity contribution in [1.29, 1.82) is 0 Å². The molecule has 2 rings (SSSR count). The monoisotopic (exact) mass is 262 g/mol. The Hall–Kier alpha value is -1.87. The predicted molar refractivity (Wildman–Crippen MR) is 76.9 cm³/mol. The van der Waals surface area contributed by atoms with E-state index in [1.165, 1.54) is 0 Å². The van der Waals surface area contributed by atoms with Gasteiger partial charge in [-0.3, -0.25) is 0 Å². The third kappa shape index (κ3) is 2.68. The van der Waals surface area contributed by atoms with Crippen LogP contribution in [0.15, 0.2) is 36.4 Å². The second kappa shape index (κ2) is 5.19. The first-order valence-corrected chi connectivity index (χ1v) is 5.94. The summed E-state index contributed by atoms with van der Waals surface area (Å²) in [4.78, 5) is 0. The molecule has 0 unspecified atom stereocenters. The lowest BCUT2D eigenvalue weighted by Gasteiger charge is -2.12. The maximum atomic E-state index is 6.13. The molecule has 0 atom stereocenters. The number of nitrogens with one attached hydrogen (secondary N) is 1. The summed E-state index contributed by atoms with van der Waals surface area (Å²) in [7, 11) is 1.61. The van der Waals surface area contributed by atoms with E-state index in [-0.39, 0.29) is 0 Å². The Labute approximate surface area is 112 Å². The number of anilines is 3. The van der Waals surface area contributed by atoms with E-state index in [1.807, 2.05) is 37.3 Å². The van der Waals surface area contributed by atoms with Gasteiger partial charge >= 0.3 is 0 Å². The van der Waals surface area contributed by atoms with Crippen molar-refractivity contribution in [3.63, 3.8) is 0 Å². The van der Waals surface area contributed by atoms with Gasteiger partial charge in [0.2, 0.25) is 0 Å². The highest BCUT2D eigenvalue weighted by molar-refractivity contribution is 6.33. The van der Waals surface area contributed by atoms with Gasteiger partial charge in [-0.05, 0) is 36.8 Å². The maximum Gasteiger partial charge on any atom is 0.121 e. The fourth-order valence-corrected chi connectivity index (χ4v) is 1.83. The normalized spacial score (nSPS) is 10.2. The molecule has 4 heteroatoms. The van der Waals surface area contributed by atoms with Crippen LogP contribution in [0.25, 0.3) is 0 Å². The molecule has 0 saturated heterocycles. The third-order valence-corrected chi connectivity index (χ3v) is 2.98. The zero-order chi connectivity index (χ0) is 13.1. The molecule has 0 amide bonds. The van der Waals surface area contributed by atoms with Gasteiger partial charge in [0.1, 0.15) is 5.75 Å². The number of rotatable bonds is 3. The van der Waals surface area contributed by atoms with Crippen molar-refractivity contribution in [2.24, 2.45) is 0 Å². The number of hydrogen-bond donors (Lipinski definition) is 2. The Kier molecular flexibility index (Phi) is 3.63. The van der Waals surface area contributed by atoms with E-state index in [0.717, 1.165) is 22.7 Å². The van der Waals surface area contributed by atoms with Crippen molar-refractivity contribution in [3.05, 3.63) is 47.0 Å². The van der Waals surface area contributed by atoms with Crippen LogP contribution in [0.3, 0.4) is 0 Å². The third-order valence-electron chi connectivity index (χ3n) is 2.65. The number of halogens is 1. The van der Waals surface area contributed by atoms with Crippen LogP contribution in [0.2, 0.25) is 5.02 Å². The van der Waals surface area contributed by atoms with E-state index in [2.05, 4.69) is 5.32 Å². The molecular weight excluding hydrogens is 248 g/mol. The second-order valence-electron chi connectivity index (χ2n) is 4.06. The largest absolute Gasteiger partial charge is 0.497 e. The first-order chi connectivity index (χ1) is 8.60. The highest BCUT2D eigenvalue weighted by Gasteiger charge is 2.05. The molecule has 94 valence electrons. The summed E-state index contributed by atoms with van der Waals surface area (Å²) in [6, 6.07) is 11.3. The average Bonchev–Trinajstić information content (AvgIpc) is 2.36. The van der Waals surface area contributed by atoms with E-state index in [1.54, 1.807) is 13.2 Å². The molecule has 0 aliphatic heterocycles. The van der Waals surface area contributed by atoms with Crippen molar-refractivity contribution in [2.45, 2.75) is 6.92 Å². The molecule has 0 aliphatic rings. The topological polar surface area (TPSA) is 47.3 Å². The number of ether oxygens (including phenoxy) is 1. The maximum absolute atomic E-state index is 6.13. The Morgan fingerprint density at radius 1 is 1.11 bits per heavy atom. The highest BCUT2D eigenvalue weighted by atomic mass is 35.5. The Bertz CT molecular complexity index is 570. The molecular formula is C14H15ClN2O. The molecule has 0 spiro atoms. The van der Waals surface area contributed by atoms with Gasteiger partial charge in [0.15, 0.2) is 0 Å². The van der Waals surface area contributed by atoms with E-state index in [0.29, 0.717) is 10.7 Å². The van der Waals surface area contributed by atoms with E-state index >= 15 is 0 Å². The van der Waals surface area contributed by atoms with Crippen LogP contribution in [0, 0.1) is 6.92 Å². The van der Waals surface area contributed by atoms with Gasteiger partial charge in [0.05, 0.1) is 29.2 Å². The fourth-order valence-electron chi connectivity index (χ4n) is 1.66.